The van der Waals surface area contributed by atoms with Gasteiger partial charge >= 0.3 is 0 Å². The second-order valence-corrected chi connectivity index (χ2v) is 7.31. The average Bonchev–Trinajstić information content (AvgIpc) is 2.79. The Bertz CT molecular complexity index is 1180. The molecule has 0 aliphatic rings. The molecule has 0 saturated heterocycles. The number of halogens is 1. The highest BCUT2D eigenvalue weighted by Gasteiger charge is 2.18. The second kappa shape index (κ2) is 10.3. The lowest BCUT2D eigenvalue weighted by molar-refractivity contribution is -0.384. The summed E-state index contributed by atoms with van der Waals surface area (Å²) in [5.41, 5.74) is 1.35. The number of ketones is 1. The summed E-state index contributed by atoms with van der Waals surface area (Å²) >= 11 is 3.34. The van der Waals surface area contributed by atoms with E-state index in [2.05, 4.69) is 26.3 Å². The summed E-state index contributed by atoms with van der Waals surface area (Å²) in [6, 6.07) is 18.8. The van der Waals surface area contributed by atoms with Gasteiger partial charge in [-0.1, -0.05) is 28.1 Å². The van der Waals surface area contributed by atoms with E-state index in [4.69, 9.17) is 10.6 Å². The first kappa shape index (κ1) is 22.6. The molecule has 3 N–H and O–H groups in total. The summed E-state index contributed by atoms with van der Waals surface area (Å²) < 4.78 is 6.08. The number of anilines is 1. The van der Waals surface area contributed by atoms with Crippen LogP contribution in [0.3, 0.4) is 0 Å². The topological polar surface area (TPSA) is 137 Å². The number of ether oxygens (including phenoxy) is 1. The van der Waals surface area contributed by atoms with E-state index in [1.807, 2.05) is 0 Å². The number of nitrogens with zero attached hydrogens (tertiary/aromatic N) is 2. The highest BCUT2D eigenvalue weighted by atomic mass is 79.9. The highest BCUT2D eigenvalue weighted by molar-refractivity contribution is 9.10. The molecule has 0 aliphatic carbocycles. The van der Waals surface area contributed by atoms with Crippen LogP contribution < -0.4 is 15.9 Å². The molecule has 3 rings (SSSR count). The first-order valence-electron chi connectivity index (χ1n) is 9.23. The van der Waals surface area contributed by atoms with Crippen LogP contribution >= 0.6 is 15.9 Å². The summed E-state index contributed by atoms with van der Waals surface area (Å²) in [7, 11) is 0. The maximum absolute atomic E-state index is 12.8. The van der Waals surface area contributed by atoms with Crippen LogP contribution in [0.15, 0.2) is 82.4 Å². The number of non-ortho nitro benzene ring substituents is 1. The Balaban J connectivity index is 1.60. The van der Waals surface area contributed by atoms with Gasteiger partial charge < -0.3 is 15.9 Å². The molecule has 3 aromatic rings. The number of nitro groups is 1. The van der Waals surface area contributed by atoms with E-state index in [-0.39, 0.29) is 23.8 Å². The number of carbonyl (C=O) groups is 2. The number of amides is 1. The summed E-state index contributed by atoms with van der Waals surface area (Å²) in [4.78, 5) is 35.0. The van der Waals surface area contributed by atoms with E-state index in [9.17, 15) is 19.7 Å². The molecule has 0 spiro atoms. The fraction of sp³-hybridized carbons (Fsp3) is 0.0455. The Morgan fingerprint density at radius 2 is 1.69 bits per heavy atom. The molecule has 3 aromatic carbocycles. The maximum atomic E-state index is 12.8. The molecule has 0 fully saturated rings. The number of nitrogens with two attached hydrogens (primary N) is 1. The molecule has 0 unspecified atom stereocenters. The predicted molar refractivity (Wildman–Crippen MR) is 123 cm³/mol. The van der Waals surface area contributed by atoms with Crippen molar-refractivity contribution >= 4 is 44.7 Å². The molecule has 162 valence electrons. The van der Waals surface area contributed by atoms with Crippen LogP contribution in [0.5, 0.6) is 5.75 Å². The second-order valence-electron chi connectivity index (χ2n) is 6.45. The molecule has 0 bridgehead atoms. The first-order chi connectivity index (χ1) is 15.4. The van der Waals surface area contributed by atoms with Crippen molar-refractivity contribution in [3.8, 4) is 5.75 Å². The molecule has 32 heavy (non-hydrogen) atoms. The zero-order valence-corrected chi connectivity index (χ0v) is 18.1. The zero-order chi connectivity index (χ0) is 23.1. The fourth-order valence-electron chi connectivity index (χ4n) is 2.76. The number of nitrogens with one attached hydrogen (secondary N) is 1. The van der Waals surface area contributed by atoms with Crippen molar-refractivity contribution in [2.75, 3.05) is 11.9 Å². The van der Waals surface area contributed by atoms with Crippen LogP contribution in [-0.2, 0) is 4.79 Å². The number of Topliss-reactive ketones (excluding diaryl/α,β-unsaturated/α-hetero) is 1. The minimum Gasteiger partial charge on any atom is -0.484 e. The van der Waals surface area contributed by atoms with Gasteiger partial charge in [0.05, 0.1) is 4.92 Å². The highest BCUT2D eigenvalue weighted by Crippen LogP contribution is 2.20. The lowest BCUT2D eigenvalue weighted by Crippen LogP contribution is -2.20. The Kier molecular flexibility index (Phi) is 7.29. The van der Waals surface area contributed by atoms with E-state index in [0.29, 0.717) is 27.0 Å². The summed E-state index contributed by atoms with van der Waals surface area (Å²) in [6.07, 6.45) is 0. The van der Waals surface area contributed by atoms with Crippen LogP contribution in [0.25, 0.3) is 0 Å². The van der Waals surface area contributed by atoms with Crippen molar-refractivity contribution in [3.63, 3.8) is 0 Å². The van der Waals surface area contributed by atoms with Gasteiger partial charge in [0.15, 0.2) is 6.61 Å². The largest absolute Gasteiger partial charge is 0.484 e. The molecule has 0 saturated carbocycles. The van der Waals surface area contributed by atoms with Gasteiger partial charge in [-0.3, -0.25) is 19.7 Å². The van der Waals surface area contributed by atoms with Crippen molar-refractivity contribution in [2.24, 2.45) is 10.9 Å². The molecule has 1 amide bonds. The van der Waals surface area contributed by atoms with Crippen LogP contribution in [-0.4, -0.2) is 28.9 Å². The number of hydrogen-bond donors (Lipinski definition) is 2. The standard InChI is InChI=1S/C22H17BrN4O5/c23-19-4-2-1-3-18(19)22(29)21(26-24)14-5-11-17(12-6-14)32-13-20(28)25-15-7-9-16(10-8-15)27(30)31/h1-12H,13,24H2,(H,25,28)/b26-21+. The maximum Gasteiger partial charge on any atom is 0.269 e. The molecule has 9 nitrogen and oxygen atoms in total. The van der Waals surface area contributed by atoms with E-state index < -0.39 is 10.8 Å². The molecular weight excluding hydrogens is 480 g/mol. The molecule has 0 aromatic heterocycles. The number of carbonyl (C=O) groups excluding carboxylic acids is 2. The van der Waals surface area contributed by atoms with Crippen molar-refractivity contribution in [1.82, 2.24) is 0 Å². The molecular formula is C22H17BrN4O5. The van der Waals surface area contributed by atoms with E-state index >= 15 is 0 Å². The minimum absolute atomic E-state index is 0.0715. The lowest BCUT2D eigenvalue weighted by atomic mass is 10.0. The van der Waals surface area contributed by atoms with E-state index in [1.165, 1.54) is 24.3 Å². The third-order valence-electron chi connectivity index (χ3n) is 4.32. The predicted octanol–water partition coefficient (Wildman–Crippen LogP) is 3.92. The fourth-order valence-corrected chi connectivity index (χ4v) is 3.22. The van der Waals surface area contributed by atoms with Gasteiger partial charge in [0, 0.05) is 33.4 Å². The van der Waals surface area contributed by atoms with Crippen molar-refractivity contribution < 1.29 is 19.2 Å². The van der Waals surface area contributed by atoms with Gasteiger partial charge in [0.2, 0.25) is 5.78 Å². The zero-order valence-electron chi connectivity index (χ0n) is 16.5. The van der Waals surface area contributed by atoms with Crippen molar-refractivity contribution in [3.05, 3.63) is 98.5 Å². The van der Waals surface area contributed by atoms with Gasteiger partial charge in [-0.25, -0.2) is 0 Å². The van der Waals surface area contributed by atoms with Gasteiger partial charge in [-0.2, -0.15) is 5.10 Å². The van der Waals surface area contributed by atoms with Gasteiger partial charge in [0.25, 0.3) is 11.6 Å². The van der Waals surface area contributed by atoms with Crippen LogP contribution in [0, 0.1) is 10.1 Å². The van der Waals surface area contributed by atoms with E-state index in [0.717, 1.165) is 0 Å². The quantitative estimate of drug-likeness (QED) is 0.159. The van der Waals surface area contributed by atoms with E-state index in [1.54, 1.807) is 48.5 Å². The number of hydrogen-bond acceptors (Lipinski definition) is 7. The Morgan fingerprint density at radius 3 is 2.28 bits per heavy atom. The SMILES string of the molecule is N/N=C(/C(=O)c1ccccc1Br)c1ccc(OCC(=O)Nc2ccc([N+](=O)[O-])cc2)cc1. The van der Waals surface area contributed by atoms with Crippen LogP contribution in [0.2, 0.25) is 0 Å². The minimum atomic E-state index is -0.522. The van der Waals surface area contributed by atoms with Crippen LogP contribution in [0.4, 0.5) is 11.4 Å². The molecule has 0 atom stereocenters. The van der Waals surface area contributed by atoms with Gasteiger partial charge in [0.1, 0.15) is 11.5 Å². The Morgan fingerprint density at radius 1 is 1.03 bits per heavy atom. The third-order valence-corrected chi connectivity index (χ3v) is 5.01. The van der Waals surface area contributed by atoms with Crippen LogP contribution in [0.1, 0.15) is 15.9 Å². The Hall–Kier alpha value is -4.05. The molecule has 0 aliphatic heterocycles. The number of nitro benzene ring substituents is 1. The van der Waals surface area contributed by atoms with Crippen molar-refractivity contribution in [2.45, 2.75) is 0 Å². The summed E-state index contributed by atoms with van der Waals surface area (Å²) in [5, 5.41) is 16.9. The number of hydrazone groups is 1. The third kappa shape index (κ3) is 5.55. The normalized spacial score (nSPS) is 11.0. The van der Waals surface area contributed by atoms with Crippen molar-refractivity contribution in [1.29, 1.82) is 0 Å². The lowest BCUT2D eigenvalue weighted by Gasteiger charge is -2.09. The number of benzene rings is 3. The monoisotopic (exact) mass is 496 g/mol. The smallest absolute Gasteiger partial charge is 0.269 e. The first-order valence-corrected chi connectivity index (χ1v) is 10.0. The molecule has 0 heterocycles. The molecule has 10 heteroatoms. The number of rotatable bonds is 8. The summed E-state index contributed by atoms with van der Waals surface area (Å²) in [5.74, 6) is 5.09. The van der Waals surface area contributed by atoms with Gasteiger partial charge in [-0.15, -0.1) is 0 Å². The summed E-state index contributed by atoms with van der Waals surface area (Å²) in [6.45, 7) is -0.274. The van der Waals surface area contributed by atoms with Gasteiger partial charge in [-0.05, 0) is 48.5 Å². The Labute approximate surface area is 191 Å². The average molecular weight is 497 g/mol. The molecule has 0 radical (unpaired) electrons.